The first-order chi connectivity index (χ1) is 24.1. The number of fused-ring (bicyclic) bond motifs is 5. The molecule has 2 heteroatoms. The van der Waals surface area contributed by atoms with Gasteiger partial charge in [0.15, 0.2) is 0 Å². The Morgan fingerprint density at radius 2 is 0.776 bits per heavy atom. The molecule has 0 saturated heterocycles. The lowest BCUT2D eigenvalue weighted by Gasteiger charge is -2.34. The highest BCUT2D eigenvalue weighted by molar-refractivity contribution is 5.90. The fourth-order valence-electron chi connectivity index (χ4n) is 7.82. The van der Waals surface area contributed by atoms with E-state index in [1.807, 2.05) is 12.1 Å². The minimum atomic E-state index is -0.529. The van der Waals surface area contributed by atoms with E-state index in [1.165, 1.54) is 33.4 Å². The smallest absolute Gasteiger partial charge is 0.135 e. The average molecular weight is 631 g/mol. The van der Waals surface area contributed by atoms with E-state index in [0.717, 1.165) is 55.7 Å². The van der Waals surface area contributed by atoms with E-state index in [1.54, 1.807) is 0 Å². The molecule has 0 atom stereocenters. The predicted octanol–water partition coefficient (Wildman–Crippen LogP) is 12.6. The monoisotopic (exact) mass is 630 g/mol. The van der Waals surface area contributed by atoms with Gasteiger partial charge in [0.2, 0.25) is 0 Å². The molecule has 0 aromatic heterocycles. The van der Waals surface area contributed by atoms with Gasteiger partial charge in [-0.3, -0.25) is 0 Å². The maximum absolute atomic E-state index is 6.62. The Bertz CT molecular complexity index is 2350. The molecule has 2 nitrogen and oxygen atoms in total. The summed E-state index contributed by atoms with van der Waals surface area (Å²) in [7, 11) is 0. The molecule has 0 unspecified atom stereocenters. The van der Waals surface area contributed by atoms with Crippen molar-refractivity contribution in [2.45, 2.75) is 19.3 Å². The van der Waals surface area contributed by atoms with E-state index in [-0.39, 0.29) is 0 Å². The zero-order chi connectivity index (χ0) is 33.0. The van der Waals surface area contributed by atoms with Gasteiger partial charge < -0.3 is 9.47 Å². The lowest BCUT2D eigenvalue weighted by molar-refractivity contribution is 0.483. The van der Waals surface area contributed by atoms with Crippen LogP contribution in [0.1, 0.15) is 33.4 Å². The summed E-state index contributed by atoms with van der Waals surface area (Å²) in [6.07, 6.45) is 0. The number of benzene rings is 8. The van der Waals surface area contributed by atoms with Crippen LogP contribution in [0.3, 0.4) is 0 Å². The summed E-state index contributed by atoms with van der Waals surface area (Å²) in [5.74, 6) is 3.42. The van der Waals surface area contributed by atoms with Crippen LogP contribution in [-0.2, 0) is 5.41 Å². The first-order valence-electron chi connectivity index (χ1n) is 16.8. The number of aryl methyl sites for hydroxylation is 2. The minimum absolute atomic E-state index is 0.529. The van der Waals surface area contributed by atoms with E-state index in [2.05, 4.69) is 172 Å². The largest absolute Gasteiger partial charge is 0.456 e. The molecular formula is C47H34O2. The molecule has 0 aliphatic heterocycles. The molecule has 8 aromatic rings. The molecule has 1 aliphatic carbocycles. The summed E-state index contributed by atoms with van der Waals surface area (Å²) >= 11 is 0. The summed E-state index contributed by atoms with van der Waals surface area (Å²) < 4.78 is 13.2. The molecule has 0 heterocycles. The number of rotatable bonds is 6. The van der Waals surface area contributed by atoms with Crippen LogP contribution >= 0.6 is 0 Å². The highest BCUT2D eigenvalue weighted by Crippen LogP contribution is 2.57. The summed E-state index contributed by atoms with van der Waals surface area (Å²) in [6, 6.07) is 60.3. The third-order valence-corrected chi connectivity index (χ3v) is 10.1. The van der Waals surface area contributed by atoms with E-state index in [0.29, 0.717) is 0 Å². The molecule has 0 N–H and O–H groups in total. The maximum atomic E-state index is 6.62. The second kappa shape index (κ2) is 11.5. The van der Waals surface area contributed by atoms with Crippen LogP contribution in [0.25, 0.3) is 32.7 Å². The summed E-state index contributed by atoms with van der Waals surface area (Å²) in [5.41, 5.74) is 9.13. The zero-order valence-corrected chi connectivity index (χ0v) is 27.5. The van der Waals surface area contributed by atoms with Gasteiger partial charge in [-0.2, -0.15) is 0 Å². The molecule has 0 spiro atoms. The Morgan fingerprint density at radius 1 is 0.367 bits per heavy atom. The molecule has 0 fully saturated rings. The van der Waals surface area contributed by atoms with E-state index in [9.17, 15) is 0 Å². The Kier molecular flexibility index (Phi) is 6.84. The van der Waals surface area contributed by atoms with Gasteiger partial charge in [0.05, 0.1) is 5.41 Å². The standard InChI is InChI=1S/C47H34O2/c1-31-29-35(25-27-43(31)48-45-23-11-15-33-13-3-5-17-37(33)45)47(41-21-9-7-19-39(41)40-20-8-10-22-42(40)47)36-26-28-44(32(2)30-36)49-46-24-12-16-34-14-4-6-18-38(34)46/h3-30H,1-2H3. The van der Waals surface area contributed by atoms with E-state index < -0.39 is 5.41 Å². The van der Waals surface area contributed by atoms with Crippen LogP contribution in [0.15, 0.2) is 170 Å². The van der Waals surface area contributed by atoms with Gasteiger partial charge in [-0.05, 0) is 93.4 Å². The van der Waals surface area contributed by atoms with Crippen molar-refractivity contribution in [3.05, 3.63) is 203 Å². The molecule has 0 amide bonds. The van der Waals surface area contributed by atoms with Crippen LogP contribution in [0, 0.1) is 13.8 Å². The van der Waals surface area contributed by atoms with Crippen LogP contribution in [0.2, 0.25) is 0 Å². The van der Waals surface area contributed by atoms with Crippen LogP contribution < -0.4 is 9.47 Å². The SMILES string of the molecule is Cc1cc(C2(c3ccc(Oc4cccc5ccccc45)c(C)c3)c3ccccc3-c3ccccc32)ccc1Oc1cccc2ccccc12. The molecule has 1 aliphatic rings. The molecule has 234 valence electrons. The minimum Gasteiger partial charge on any atom is -0.456 e. The third kappa shape index (κ3) is 4.63. The first kappa shape index (κ1) is 29.1. The van der Waals surface area contributed by atoms with Crippen molar-refractivity contribution in [1.82, 2.24) is 0 Å². The topological polar surface area (TPSA) is 18.5 Å². The van der Waals surface area contributed by atoms with Gasteiger partial charge in [0.25, 0.3) is 0 Å². The Labute approximate surface area is 286 Å². The van der Waals surface area contributed by atoms with Crippen molar-refractivity contribution in [2.24, 2.45) is 0 Å². The number of hydrogen-bond acceptors (Lipinski definition) is 2. The quantitative estimate of drug-likeness (QED) is 0.182. The van der Waals surface area contributed by atoms with Gasteiger partial charge >= 0.3 is 0 Å². The molecule has 49 heavy (non-hydrogen) atoms. The Hall–Kier alpha value is -6.12. The van der Waals surface area contributed by atoms with Gasteiger partial charge in [-0.1, -0.05) is 146 Å². The maximum Gasteiger partial charge on any atom is 0.135 e. The van der Waals surface area contributed by atoms with Gasteiger partial charge in [-0.25, -0.2) is 0 Å². The third-order valence-electron chi connectivity index (χ3n) is 10.1. The van der Waals surface area contributed by atoms with Crippen LogP contribution in [0.5, 0.6) is 23.0 Å². The van der Waals surface area contributed by atoms with Crippen molar-refractivity contribution in [1.29, 1.82) is 0 Å². The summed E-state index contributed by atoms with van der Waals surface area (Å²) in [4.78, 5) is 0. The lowest BCUT2D eigenvalue weighted by atomic mass is 9.67. The Morgan fingerprint density at radius 3 is 1.24 bits per heavy atom. The molecule has 0 bridgehead atoms. The van der Waals surface area contributed by atoms with Gasteiger partial charge in [0, 0.05) is 10.8 Å². The number of hydrogen-bond donors (Lipinski definition) is 0. The van der Waals surface area contributed by atoms with Crippen molar-refractivity contribution in [2.75, 3.05) is 0 Å². The fraction of sp³-hybridized carbons (Fsp3) is 0.0638. The molecule has 8 aromatic carbocycles. The van der Waals surface area contributed by atoms with E-state index in [4.69, 9.17) is 9.47 Å². The first-order valence-corrected chi connectivity index (χ1v) is 16.8. The van der Waals surface area contributed by atoms with Crippen LogP contribution in [0.4, 0.5) is 0 Å². The van der Waals surface area contributed by atoms with Gasteiger partial charge in [0.1, 0.15) is 23.0 Å². The van der Waals surface area contributed by atoms with Crippen molar-refractivity contribution in [3.8, 4) is 34.1 Å². The molecule has 0 radical (unpaired) electrons. The molecule has 0 saturated carbocycles. The normalized spacial score (nSPS) is 12.9. The van der Waals surface area contributed by atoms with Crippen molar-refractivity contribution in [3.63, 3.8) is 0 Å². The number of ether oxygens (including phenoxy) is 2. The second-order valence-corrected chi connectivity index (χ2v) is 13.0. The fourth-order valence-corrected chi connectivity index (χ4v) is 7.82. The molecule has 9 rings (SSSR count). The highest BCUT2D eigenvalue weighted by atomic mass is 16.5. The summed E-state index contributed by atoms with van der Waals surface area (Å²) in [5, 5.41) is 4.53. The Balaban J connectivity index is 1.19. The highest BCUT2D eigenvalue weighted by Gasteiger charge is 2.46. The van der Waals surface area contributed by atoms with Crippen molar-refractivity contribution >= 4 is 21.5 Å². The van der Waals surface area contributed by atoms with Crippen LogP contribution in [-0.4, -0.2) is 0 Å². The van der Waals surface area contributed by atoms with E-state index >= 15 is 0 Å². The van der Waals surface area contributed by atoms with Gasteiger partial charge in [-0.15, -0.1) is 0 Å². The molecular weight excluding hydrogens is 597 g/mol. The summed E-state index contributed by atoms with van der Waals surface area (Å²) in [6.45, 7) is 4.30. The second-order valence-electron chi connectivity index (χ2n) is 13.0. The lowest BCUT2D eigenvalue weighted by Crippen LogP contribution is -2.28. The predicted molar refractivity (Wildman–Crippen MR) is 201 cm³/mol. The van der Waals surface area contributed by atoms with Crippen molar-refractivity contribution < 1.29 is 9.47 Å². The zero-order valence-electron chi connectivity index (χ0n) is 27.5. The average Bonchev–Trinajstić information content (AvgIpc) is 3.45.